The van der Waals surface area contributed by atoms with Crippen LogP contribution in [0, 0.1) is 19.3 Å². The van der Waals surface area contributed by atoms with Gasteiger partial charge in [0, 0.05) is 18.2 Å². The van der Waals surface area contributed by atoms with E-state index in [1.54, 1.807) is 0 Å². The SMILES string of the molecule is CCNc1nc(C)nc(NC2CCCC(C)(C)C2)c1C. The molecule has 1 saturated carbocycles. The van der Waals surface area contributed by atoms with Crippen LogP contribution in [0.5, 0.6) is 0 Å². The van der Waals surface area contributed by atoms with Gasteiger partial charge < -0.3 is 10.6 Å². The van der Waals surface area contributed by atoms with Crippen LogP contribution in [0.1, 0.15) is 57.8 Å². The highest BCUT2D eigenvalue weighted by Crippen LogP contribution is 2.36. The lowest BCUT2D eigenvalue weighted by molar-refractivity contribution is 0.229. The van der Waals surface area contributed by atoms with Crippen molar-refractivity contribution in [3.05, 3.63) is 11.4 Å². The Bertz CT molecular complexity index is 468. The maximum Gasteiger partial charge on any atom is 0.134 e. The summed E-state index contributed by atoms with van der Waals surface area (Å²) in [7, 11) is 0. The smallest absolute Gasteiger partial charge is 0.134 e. The van der Waals surface area contributed by atoms with Crippen LogP contribution in [0.3, 0.4) is 0 Å². The summed E-state index contributed by atoms with van der Waals surface area (Å²) in [4.78, 5) is 9.08. The molecule has 1 aliphatic carbocycles. The molecule has 0 aliphatic heterocycles. The van der Waals surface area contributed by atoms with Gasteiger partial charge in [-0.25, -0.2) is 9.97 Å². The second-order valence-corrected chi connectivity index (χ2v) is 6.73. The normalized spacial score (nSPS) is 21.6. The van der Waals surface area contributed by atoms with Crippen LogP contribution in [0.4, 0.5) is 11.6 Å². The molecule has 1 aromatic rings. The number of aromatic nitrogens is 2. The second kappa shape index (κ2) is 5.98. The van der Waals surface area contributed by atoms with Crippen molar-refractivity contribution >= 4 is 11.6 Å². The van der Waals surface area contributed by atoms with E-state index in [2.05, 4.69) is 48.3 Å². The first kappa shape index (κ1) is 15.1. The van der Waals surface area contributed by atoms with Gasteiger partial charge in [0.05, 0.1) is 0 Å². The fourth-order valence-electron chi connectivity index (χ4n) is 3.12. The predicted molar refractivity (Wildman–Crippen MR) is 85.3 cm³/mol. The van der Waals surface area contributed by atoms with Crippen LogP contribution in [0.2, 0.25) is 0 Å². The molecule has 0 spiro atoms. The van der Waals surface area contributed by atoms with Crippen molar-refractivity contribution in [2.24, 2.45) is 5.41 Å². The topological polar surface area (TPSA) is 49.8 Å². The van der Waals surface area contributed by atoms with E-state index in [1.807, 2.05) is 6.92 Å². The number of rotatable bonds is 4. The van der Waals surface area contributed by atoms with E-state index in [0.717, 1.165) is 29.6 Å². The van der Waals surface area contributed by atoms with Gasteiger partial charge in [0.15, 0.2) is 0 Å². The molecule has 2 N–H and O–H groups in total. The zero-order valence-corrected chi connectivity index (χ0v) is 13.5. The van der Waals surface area contributed by atoms with Gasteiger partial charge in [0.1, 0.15) is 17.5 Å². The minimum absolute atomic E-state index is 0.441. The molecule has 112 valence electrons. The Morgan fingerprint density at radius 1 is 1.20 bits per heavy atom. The maximum absolute atomic E-state index is 4.60. The molecule has 4 heteroatoms. The van der Waals surface area contributed by atoms with E-state index < -0.39 is 0 Å². The molecule has 1 fully saturated rings. The largest absolute Gasteiger partial charge is 0.370 e. The summed E-state index contributed by atoms with van der Waals surface area (Å²) in [5.74, 6) is 2.78. The monoisotopic (exact) mass is 276 g/mol. The summed E-state index contributed by atoms with van der Waals surface area (Å²) < 4.78 is 0. The van der Waals surface area contributed by atoms with Crippen LogP contribution < -0.4 is 10.6 Å². The van der Waals surface area contributed by atoms with E-state index in [4.69, 9.17) is 0 Å². The first-order valence-corrected chi connectivity index (χ1v) is 7.77. The third kappa shape index (κ3) is 3.62. The van der Waals surface area contributed by atoms with Crippen molar-refractivity contribution in [2.45, 2.75) is 66.3 Å². The third-order valence-corrected chi connectivity index (χ3v) is 4.15. The second-order valence-electron chi connectivity index (χ2n) is 6.73. The van der Waals surface area contributed by atoms with Gasteiger partial charge in [-0.05, 0) is 45.4 Å². The first-order valence-electron chi connectivity index (χ1n) is 7.77. The molecule has 0 aromatic carbocycles. The highest BCUT2D eigenvalue weighted by atomic mass is 15.1. The Morgan fingerprint density at radius 2 is 1.90 bits per heavy atom. The molecule has 0 radical (unpaired) electrons. The van der Waals surface area contributed by atoms with Gasteiger partial charge >= 0.3 is 0 Å². The van der Waals surface area contributed by atoms with Gasteiger partial charge in [-0.2, -0.15) is 0 Å². The van der Waals surface area contributed by atoms with E-state index in [0.29, 0.717) is 11.5 Å². The quantitative estimate of drug-likeness (QED) is 0.875. The van der Waals surface area contributed by atoms with E-state index in [9.17, 15) is 0 Å². The molecule has 1 unspecified atom stereocenters. The number of hydrogen-bond acceptors (Lipinski definition) is 4. The van der Waals surface area contributed by atoms with E-state index in [1.165, 1.54) is 25.7 Å². The molecule has 0 amide bonds. The Labute approximate surface area is 122 Å². The lowest BCUT2D eigenvalue weighted by atomic mass is 9.75. The van der Waals surface area contributed by atoms with Crippen LogP contribution in [-0.2, 0) is 0 Å². The summed E-state index contributed by atoms with van der Waals surface area (Å²) in [6.07, 6.45) is 5.08. The molecule has 1 heterocycles. The van der Waals surface area contributed by atoms with Crippen molar-refractivity contribution in [1.82, 2.24) is 9.97 Å². The summed E-state index contributed by atoms with van der Waals surface area (Å²) in [5.41, 5.74) is 1.57. The number of anilines is 2. The molecule has 0 saturated heterocycles. The van der Waals surface area contributed by atoms with Gasteiger partial charge in [-0.3, -0.25) is 0 Å². The van der Waals surface area contributed by atoms with Crippen LogP contribution in [-0.4, -0.2) is 22.6 Å². The van der Waals surface area contributed by atoms with Crippen molar-refractivity contribution in [3.8, 4) is 0 Å². The number of hydrogen-bond donors (Lipinski definition) is 2. The summed E-state index contributed by atoms with van der Waals surface area (Å²) in [5, 5.41) is 6.97. The predicted octanol–water partition coefficient (Wildman–Crippen LogP) is 3.91. The lowest BCUT2D eigenvalue weighted by Gasteiger charge is -2.36. The summed E-state index contributed by atoms with van der Waals surface area (Å²) >= 11 is 0. The highest BCUT2D eigenvalue weighted by Gasteiger charge is 2.28. The molecule has 4 nitrogen and oxygen atoms in total. The Balaban J connectivity index is 2.16. The molecule has 2 rings (SSSR count). The van der Waals surface area contributed by atoms with Crippen LogP contribution in [0.15, 0.2) is 0 Å². The van der Waals surface area contributed by atoms with Crippen LogP contribution in [0.25, 0.3) is 0 Å². The molecular weight excluding hydrogens is 248 g/mol. The van der Waals surface area contributed by atoms with E-state index in [-0.39, 0.29) is 0 Å². The lowest BCUT2D eigenvalue weighted by Crippen LogP contribution is -2.32. The van der Waals surface area contributed by atoms with Gasteiger partial charge in [0.25, 0.3) is 0 Å². The molecular formula is C16H28N4. The number of aryl methyl sites for hydroxylation is 1. The molecule has 20 heavy (non-hydrogen) atoms. The van der Waals surface area contributed by atoms with Gasteiger partial charge in [0.2, 0.25) is 0 Å². The van der Waals surface area contributed by atoms with Crippen molar-refractivity contribution in [1.29, 1.82) is 0 Å². The maximum atomic E-state index is 4.60. The Morgan fingerprint density at radius 3 is 2.55 bits per heavy atom. The average Bonchev–Trinajstić information content (AvgIpc) is 2.34. The first-order chi connectivity index (χ1) is 9.41. The standard InChI is InChI=1S/C16H28N4/c1-6-17-14-11(2)15(19-12(3)18-14)20-13-8-7-9-16(4,5)10-13/h13H,6-10H2,1-5H3,(H2,17,18,19,20). The van der Waals surface area contributed by atoms with Crippen LogP contribution >= 0.6 is 0 Å². The highest BCUT2D eigenvalue weighted by molar-refractivity contribution is 5.57. The molecule has 1 aromatic heterocycles. The summed E-state index contributed by atoms with van der Waals surface area (Å²) in [6, 6.07) is 0.529. The third-order valence-electron chi connectivity index (χ3n) is 4.15. The van der Waals surface area contributed by atoms with Crippen molar-refractivity contribution in [2.75, 3.05) is 17.2 Å². The average molecular weight is 276 g/mol. The Kier molecular flexibility index (Phi) is 4.51. The minimum Gasteiger partial charge on any atom is -0.370 e. The zero-order chi connectivity index (χ0) is 14.8. The fraction of sp³-hybridized carbons (Fsp3) is 0.750. The molecule has 0 bridgehead atoms. The summed E-state index contributed by atoms with van der Waals surface area (Å²) in [6.45, 7) is 11.7. The fourth-order valence-corrected chi connectivity index (χ4v) is 3.12. The number of nitrogens with one attached hydrogen (secondary N) is 2. The minimum atomic E-state index is 0.441. The number of nitrogens with zero attached hydrogens (tertiary/aromatic N) is 2. The molecule has 1 aliphatic rings. The molecule has 1 atom stereocenters. The van der Waals surface area contributed by atoms with E-state index >= 15 is 0 Å². The Hall–Kier alpha value is -1.32. The zero-order valence-electron chi connectivity index (χ0n) is 13.5. The van der Waals surface area contributed by atoms with Gasteiger partial charge in [-0.15, -0.1) is 0 Å². The van der Waals surface area contributed by atoms with Gasteiger partial charge in [-0.1, -0.05) is 20.3 Å². The van der Waals surface area contributed by atoms with Crippen molar-refractivity contribution in [3.63, 3.8) is 0 Å². The van der Waals surface area contributed by atoms with Crippen molar-refractivity contribution < 1.29 is 0 Å².